The third kappa shape index (κ3) is 5.39. The Labute approximate surface area is 152 Å². The maximum absolute atomic E-state index is 12.1. The molecule has 2 aromatic rings. The Kier molecular flexibility index (Phi) is 6.61. The maximum atomic E-state index is 12.1. The molecule has 0 aliphatic carbocycles. The average molecular weight is 362 g/mol. The lowest BCUT2D eigenvalue weighted by atomic mass is 10.2. The molecule has 1 amide bonds. The van der Waals surface area contributed by atoms with Crippen LogP contribution < -0.4 is 5.32 Å². The number of furan rings is 1. The van der Waals surface area contributed by atoms with E-state index in [0.717, 1.165) is 68.7 Å². The number of carbonyl (C=O) groups excluding carboxylic acids is 1. The van der Waals surface area contributed by atoms with E-state index in [1.165, 1.54) is 11.3 Å². The molecule has 0 unspecified atom stereocenters. The Hall–Kier alpha value is -1.70. The van der Waals surface area contributed by atoms with Crippen LogP contribution in [0.25, 0.3) is 10.8 Å². The zero-order chi connectivity index (χ0) is 17.5. The summed E-state index contributed by atoms with van der Waals surface area (Å²) in [6.07, 6.45) is 2.95. The fraction of sp³-hybridized carbons (Fsp3) is 0.556. The molecule has 1 saturated heterocycles. The van der Waals surface area contributed by atoms with E-state index >= 15 is 0 Å². The molecule has 25 heavy (non-hydrogen) atoms. The Balaban J connectivity index is 1.32. The summed E-state index contributed by atoms with van der Waals surface area (Å²) in [5.41, 5.74) is 0.796. The summed E-state index contributed by atoms with van der Waals surface area (Å²) in [4.78, 5) is 21.5. The first-order chi connectivity index (χ1) is 12.2. The molecule has 2 aromatic heterocycles. The number of amides is 1. The smallest absolute Gasteiger partial charge is 0.226 e. The van der Waals surface area contributed by atoms with Gasteiger partial charge in [0.25, 0.3) is 0 Å². The lowest BCUT2D eigenvalue weighted by molar-refractivity contribution is -0.120. The van der Waals surface area contributed by atoms with Gasteiger partial charge < -0.3 is 19.5 Å². The standard InChI is InChI=1S/C18H26N4O2S/c1-2-21-8-10-22(11-9-21)7-4-6-19-17(23)13-15-14-25-18(20-15)16-5-3-12-24-16/h3,5,12,14H,2,4,6-11,13H2,1H3,(H,19,23). The summed E-state index contributed by atoms with van der Waals surface area (Å²) in [6, 6.07) is 3.72. The van der Waals surface area contributed by atoms with E-state index in [2.05, 4.69) is 27.0 Å². The normalized spacial score (nSPS) is 16.2. The van der Waals surface area contributed by atoms with Crippen molar-refractivity contribution in [3.63, 3.8) is 0 Å². The van der Waals surface area contributed by atoms with Crippen LogP contribution in [-0.4, -0.2) is 66.5 Å². The fourth-order valence-electron chi connectivity index (χ4n) is 2.99. The third-order valence-corrected chi connectivity index (χ3v) is 5.42. The Bertz CT molecular complexity index is 648. The molecular formula is C18H26N4O2S. The summed E-state index contributed by atoms with van der Waals surface area (Å²) in [7, 11) is 0. The van der Waals surface area contributed by atoms with E-state index in [9.17, 15) is 4.79 Å². The zero-order valence-electron chi connectivity index (χ0n) is 14.7. The Morgan fingerprint density at radius 1 is 1.32 bits per heavy atom. The van der Waals surface area contributed by atoms with Crippen molar-refractivity contribution in [2.75, 3.05) is 45.8 Å². The molecule has 3 heterocycles. The number of piperazine rings is 1. The number of nitrogens with one attached hydrogen (secondary N) is 1. The van der Waals surface area contributed by atoms with Crippen LogP contribution in [0.1, 0.15) is 19.0 Å². The molecule has 7 heteroatoms. The minimum Gasteiger partial charge on any atom is -0.462 e. The number of nitrogens with zero attached hydrogens (tertiary/aromatic N) is 3. The number of carbonyl (C=O) groups is 1. The van der Waals surface area contributed by atoms with Gasteiger partial charge in [-0.15, -0.1) is 11.3 Å². The molecule has 1 fully saturated rings. The van der Waals surface area contributed by atoms with Crippen molar-refractivity contribution in [1.82, 2.24) is 20.1 Å². The van der Waals surface area contributed by atoms with Crippen molar-refractivity contribution < 1.29 is 9.21 Å². The van der Waals surface area contributed by atoms with Crippen molar-refractivity contribution in [3.8, 4) is 10.8 Å². The highest BCUT2D eigenvalue weighted by molar-refractivity contribution is 7.13. The summed E-state index contributed by atoms with van der Waals surface area (Å²) in [5, 5.41) is 5.74. The number of hydrogen-bond donors (Lipinski definition) is 1. The Morgan fingerprint density at radius 2 is 2.12 bits per heavy atom. The number of aromatic nitrogens is 1. The number of likely N-dealkylation sites (N-methyl/N-ethyl adjacent to an activating group) is 1. The third-order valence-electron chi connectivity index (χ3n) is 4.51. The quantitative estimate of drug-likeness (QED) is 0.729. The highest BCUT2D eigenvalue weighted by Gasteiger charge is 2.15. The van der Waals surface area contributed by atoms with Crippen LogP contribution in [0.4, 0.5) is 0 Å². The van der Waals surface area contributed by atoms with Crippen molar-refractivity contribution in [2.45, 2.75) is 19.8 Å². The highest BCUT2D eigenvalue weighted by atomic mass is 32.1. The van der Waals surface area contributed by atoms with Gasteiger partial charge in [-0.1, -0.05) is 6.92 Å². The van der Waals surface area contributed by atoms with Gasteiger partial charge in [-0.2, -0.15) is 0 Å². The second-order valence-electron chi connectivity index (χ2n) is 6.28. The van der Waals surface area contributed by atoms with E-state index in [-0.39, 0.29) is 5.91 Å². The largest absolute Gasteiger partial charge is 0.462 e. The van der Waals surface area contributed by atoms with Gasteiger partial charge in [-0.3, -0.25) is 4.79 Å². The number of thiazole rings is 1. The van der Waals surface area contributed by atoms with E-state index in [1.807, 2.05) is 17.5 Å². The highest BCUT2D eigenvalue weighted by Crippen LogP contribution is 2.23. The first-order valence-electron chi connectivity index (χ1n) is 8.94. The zero-order valence-corrected chi connectivity index (χ0v) is 15.6. The summed E-state index contributed by atoms with van der Waals surface area (Å²) in [6.45, 7) is 9.72. The van der Waals surface area contributed by atoms with Crippen LogP contribution >= 0.6 is 11.3 Å². The second-order valence-corrected chi connectivity index (χ2v) is 7.14. The predicted octanol–water partition coefficient (Wildman–Crippen LogP) is 2.09. The lowest BCUT2D eigenvalue weighted by Gasteiger charge is -2.33. The lowest BCUT2D eigenvalue weighted by Crippen LogP contribution is -2.46. The van der Waals surface area contributed by atoms with Gasteiger partial charge in [-0.25, -0.2) is 4.98 Å². The summed E-state index contributed by atoms with van der Waals surface area (Å²) in [5.74, 6) is 0.784. The Morgan fingerprint density at radius 3 is 2.84 bits per heavy atom. The van der Waals surface area contributed by atoms with Crippen molar-refractivity contribution in [3.05, 3.63) is 29.5 Å². The maximum Gasteiger partial charge on any atom is 0.226 e. The van der Waals surface area contributed by atoms with Crippen LogP contribution in [0.2, 0.25) is 0 Å². The molecule has 0 bridgehead atoms. The van der Waals surface area contributed by atoms with E-state index in [4.69, 9.17) is 4.42 Å². The van der Waals surface area contributed by atoms with Crippen LogP contribution in [0, 0.1) is 0 Å². The van der Waals surface area contributed by atoms with Gasteiger partial charge in [-0.05, 0) is 31.6 Å². The molecule has 1 N–H and O–H groups in total. The molecular weight excluding hydrogens is 336 g/mol. The summed E-state index contributed by atoms with van der Waals surface area (Å²) < 4.78 is 5.33. The predicted molar refractivity (Wildman–Crippen MR) is 99.7 cm³/mol. The average Bonchev–Trinajstić information content (AvgIpc) is 3.31. The fourth-order valence-corrected chi connectivity index (χ4v) is 3.77. The van der Waals surface area contributed by atoms with Gasteiger partial charge in [0.05, 0.1) is 18.4 Å². The monoisotopic (exact) mass is 362 g/mol. The van der Waals surface area contributed by atoms with Gasteiger partial charge in [0, 0.05) is 38.1 Å². The van der Waals surface area contributed by atoms with Gasteiger partial charge >= 0.3 is 0 Å². The molecule has 0 saturated carbocycles. The molecule has 0 radical (unpaired) electrons. The van der Waals surface area contributed by atoms with E-state index < -0.39 is 0 Å². The van der Waals surface area contributed by atoms with Crippen molar-refractivity contribution in [2.24, 2.45) is 0 Å². The molecule has 3 rings (SSSR count). The summed E-state index contributed by atoms with van der Waals surface area (Å²) >= 11 is 1.50. The SMILES string of the molecule is CCN1CCN(CCCNC(=O)Cc2csc(-c3ccco3)n2)CC1. The molecule has 6 nitrogen and oxygen atoms in total. The van der Waals surface area contributed by atoms with Crippen molar-refractivity contribution >= 4 is 17.2 Å². The molecule has 0 atom stereocenters. The number of rotatable bonds is 8. The van der Waals surface area contributed by atoms with Crippen LogP contribution in [0.5, 0.6) is 0 Å². The minimum atomic E-state index is 0.0343. The van der Waals surface area contributed by atoms with E-state index in [1.54, 1.807) is 6.26 Å². The van der Waals surface area contributed by atoms with Gasteiger partial charge in [0.1, 0.15) is 0 Å². The van der Waals surface area contributed by atoms with E-state index in [0.29, 0.717) is 6.42 Å². The minimum absolute atomic E-state index is 0.0343. The van der Waals surface area contributed by atoms with Gasteiger partial charge in [0.15, 0.2) is 10.8 Å². The van der Waals surface area contributed by atoms with Crippen LogP contribution in [0.15, 0.2) is 28.2 Å². The van der Waals surface area contributed by atoms with Crippen LogP contribution in [0.3, 0.4) is 0 Å². The molecule has 1 aliphatic rings. The second kappa shape index (κ2) is 9.12. The molecule has 0 spiro atoms. The van der Waals surface area contributed by atoms with Gasteiger partial charge in [0.2, 0.25) is 5.91 Å². The molecule has 1 aliphatic heterocycles. The molecule has 136 valence electrons. The topological polar surface area (TPSA) is 61.6 Å². The molecule has 0 aromatic carbocycles. The number of hydrogen-bond acceptors (Lipinski definition) is 6. The van der Waals surface area contributed by atoms with Crippen LogP contribution in [-0.2, 0) is 11.2 Å². The first-order valence-corrected chi connectivity index (χ1v) is 9.82. The first kappa shape index (κ1) is 18.1. The van der Waals surface area contributed by atoms with Crippen molar-refractivity contribution in [1.29, 1.82) is 0 Å².